The van der Waals surface area contributed by atoms with Gasteiger partial charge in [-0.05, 0) is 51.1 Å². The monoisotopic (exact) mass is 438 g/mol. The van der Waals surface area contributed by atoms with Gasteiger partial charge in [-0.15, -0.1) is 5.73 Å². The van der Waals surface area contributed by atoms with E-state index in [-0.39, 0.29) is 18.8 Å². The lowest BCUT2D eigenvalue weighted by Crippen LogP contribution is -2.54. The molecule has 0 aliphatic carbocycles. The zero-order chi connectivity index (χ0) is 23.3. The smallest absolute Gasteiger partial charge is 0.328 e. The Morgan fingerprint density at radius 2 is 1.61 bits per heavy atom. The third-order valence-corrected chi connectivity index (χ3v) is 5.32. The average molecular weight is 438 g/mol. The van der Waals surface area contributed by atoms with Crippen LogP contribution in [0.2, 0.25) is 13.6 Å². The molecule has 0 bridgehead atoms. The molecular weight excluding hydrogens is 398 g/mol. The second kappa shape index (κ2) is 14.2. The van der Waals surface area contributed by atoms with Crippen molar-refractivity contribution in [2.45, 2.75) is 65.0 Å². The van der Waals surface area contributed by atoms with E-state index in [4.69, 9.17) is 12.6 Å². The van der Waals surface area contributed by atoms with Crippen LogP contribution in [0.25, 0.3) is 0 Å². The summed E-state index contributed by atoms with van der Waals surface area (Å²) in [5, 5.41) is 7.36. The van der Waals surface area contributed by atoms with Crippen LogP contribution >= 0.6 is 12.6 Å². The molecule has 0 radical (unpaired) electrons. The highest BCUT2D eigenvalue weighted by molar-refractivity contribution is 7.81. The van der Waals surface area contributed by atoms with Crippen LogP contribution < -0.4 is 10.5 Å². The lowest BCUT2D eigenvalue weighted by Gasteiger charge is -2.33. The maximum absolute atomic E-state index is 4.74. The van der Waals surface area contributed by atoms with Gasteiger partial charge in [-0.2, -0.15) is 12.6 Å². The van der Waals surface area contributed by atoms with Crippen molar-refractivity contribution in [2.24, 2.45) is 0 Å². The highest BCUT2D eigenvalue weighted by Gasteiger charge is 2.28. The Hall–Kier alpha value is -1.94. The van der Waals surface area contributed by atoms with Gasteiger partial charge in [0, 0.05) is 11.9 Å². The number of benzene rings is 1. The van der Waals surface area contributed by atoms with E-state index in [0.29, 0.717) is 0 Å². The van der Waals surface area contributed by atoms with Crippen molar-refractivity contribution in [3.8, 4) is 0 Å². The molecule has 7 heteroatoms. The molecule has 4 nitrogen and oxygen atoms in total. The highest BCUT2D eigenvalue weighted by atomic mass is 32.1. The molecule has 0 saturated heterocycles. The Balaban J connectivity index is 0.00000151. The number of para-hydroxylation sites is 1. The van der Waals surface area contributed by atoms with Crippen molar-refractivity contribution < 1.29 is 0 Å². The van der Waals surface area contributed by atoms with E-state index < -0.39 is 0 Å². The number of hydrogen-bond donors (Lipinski definition) is 3. The molecule has 0 atom stereocenters. The van der Waals surface area contributed by atoms with E-state index in [0.717, 1.165) is 18.1 Å². The Kier molecular flexibility index (Phi) is 12.4. The number of anilines is 2. The van der Waals surface area contributed by atoms with Gasteiger partial charge in [0.1, 0.15) is 0 Å². The Bertz CT molecular complexity index is 767. The van der Waals surface area contributed by atoms with E-state index >= 15 is 0 Å². The van der Waals surface area contributed by atoms with Gasteiger partial charge >= 0.3 is 14.0 Å². The van der Waals surface area contributed by atoms with Crippen molar-refractivity contribution >= 4 is 38.1 Å². The molecule has 0 spiro atoms. The molecule has 31 heavy (non-hydrogen) atoms. The number of rotatable bonds is 12. The van der Waals surface area contributed by atoms with E-state index in [1.54, 1.807) is 0 Å². The maximum atomic E-state index is 4.74. The van der Waals surface area contributed by atoms with Gasteiger partial charge < -0.3 is 19.7 Å². The Morgan fingerprint density at radius 3 is 2.19 bits per heavy atom. The number of aromatic nitrogens is 1. The molecule has 168 valence electrons. The standard InChI is InChI=1S/C21H36B2N4S.C3H4/c1-6-7-8-12-18-27(22(4)24-19-14-10-9-11-15-19)23(5)25-20-16-13-17-26(20)21(2,3)28;1-3-2/h9-11,13-17,24-25,28H,6-8,12,18H2,1-5H3;1-2H2. The summed E-state index contributed by atoms with van der Waals surface area (Å²) < 4.78 is 4.68. The lowest BCUT2D eigenvalue weighted by atomic mass is 9.62. The van der Waals surface area contributed by atoms with Crippen LogP contribution in [0.15, 0.2) is 67.6 Å². The highest BCUT2D eigenvalue weighted by Crippen LogP contribution is 2.26. The van der Waals surface area contributed by atoms with Gasteiger partial charge in [0.15, 0.2) is 0 Å². The summed E-state index contributed by atoms with van der Waals surface area (Å²) in [5.74, 6) is 1.10. The van der Waals surface area contributed by atoms with Crippen LogP contribution in [-0.2, 0) is 4.87 Å². The van der Waals surface area contributed by atoms with Crippen molar-refractivity contribution in [3.05, 3.63) is 67.6 Å². The summed E-state index contributed by atoms with van der Waals surface area (Å²) in [5.41, 5.74) is 3.40. The predicted molar refractivity (Wildman–Crippen MR) is 145 cm³/mol. The number of hydrogen-bond acceptors (Lipinski definition) is 4. The van der Waals surface area contributed by atoms with Crippen LogP contribution in [0.3, 0.4) is 0 Å². The zero-order valence-electron chi connectivity index (χ0n) is 20.1. The van der Waals surface area contributed by atoms with E-state index in [1.165, 1.54) is 25.7 Å². The minimum absolute atomic E-state index is 0.192. The molecule has 1 aromatic heterocycles. The Labute approximate surface area is 196 Å². The SMILES string of the molecule is C=C=C.CCCCCCN(B(C)Nc1ccccc1)B(C)Nc1cccn1C(C)(C)S. The summed E-state index contributed by atoms with van der Waals surface area (Å²) in [6.45, 7) is 18.7. The molecular formula is C24H40B2N4S. The number of nitrogens with zero attached hydrogens (tertiary/aromatic N) is 2. The first-order valence-electron chi connectivity index (χ1n) is 11.3. The van der Waals surface area contributed by atoms with Crippen molar-refractivity contribution in [3.63, 3.8) is 0 Å². The largest absolute Gasteiger partial charge is 0.415 e. The van der Waals surface area contributed by atoms with Gasteiger partial charge in [0.25, 0.3) is 0 Å². The molecule has 1 heterocycles. The van der Waals surface area contributed by atoms with Crippen LogP contribution in [-0.4, -0.2) is 29.8 Å². The zero-order valence-corrected chi connectivity index (χ0v) is 21.0. The van der Waals surface area contributed by atoms with E-state index in [2.05, 4.69) is 122 Å². The molecule has 2 aromatic rings. The second-order valence-corrected chi connectivity index (χ2v) is 9.41. The second-order valence-electron chi connectivity index (χ2n) is 8.31. The van der Waals surface area contributed by atoms with Gasteiger partial charge in [-0.3, -0.25) is 0 Å². The minimum atomic E-state index is -0.245. The number of nitrogens with one attached hydrogen (secondary N) is 2. The number of thiol groups is 1. The van der Waals surface area contributed by atoms with Crippen LogP contribution in [0, 0.1) is 0 Å². The van der Waals surface area contributed by atoms with E-state index in [1.807, 2.05) is 0 Å². The molecule has 0 amide bonds. The first-order valence-corrected chi connectivity index (χ1v) is 11.7. The molecule has 2 rings (SSSR count). The first kappa shape index (κ1) is 27.1. The topological polar surface area (TPSA) is 32.2 Å². The third kappa shape index (κ3) is 9.82. The molecule has 0 aliphatic rings. The van der Waals surface area contributed by atoms with Crippen LogP contribution in [0.4, 0.5) is 11.5 Å². The first-order chi connectivity index (χ1) is 14.7. The van der Waals surface area contributed by atoms with Gasteiger partial charge in [-0.1, -0.05) is 71.2 Å². The summed E-state index contributed by atoms with van der Waals surface area (Å²) >= 11 is 4.74. The fourth-order valence-corrected chi connectivity index (χ4v) is 3.75. The van der Waals surface area contributed by atoms with Gasteiger partial charge in [-0.25, -0.2) is 0 Å². The lowest BCUT2D eigenvalue weighted by molar-refractivity contribution is 0.548. The molecule has 0 saturated carbocycles. The summed E-state index contributed by atoms with van der Waals surface area (Å²) in [6.07, 6.45) is 7.12. The van der Waals surface area contributed by atoms with Gasteiger partial charge in [0.2, 0.25) is 0 Å². The van der Waals surface area contributed by atoms with Gasteiger partial charge in [0.05, 0.1) is 10.7 Å². The average Bonchev–Trinajstić information content (AvgIpc) is 3.18. The fourth-order valence-electron chi connectivity index (χ4n) is 3.57. The molecule has 1 aromatic carbocycles. The van der Waals surface area contributed by atoms with E-state index in [9.17, 15) is 0 Å². The predicted octanol–water partition coefficient (Wildman–Crippen LogP) is 6.71. The molecule has 0 unspecified atom stereocenters. The maximum Gasteiger partial charge on any atom is 0.328 e. The molecule has 0 aliphatic heterocycles. The van der Waals surface area contributed by atoms with Crippen molar-refractivity contribution in [2.75, 3.05) is 17.0 Å². The Morgan fingerprint density at radius 1 is 1.00 bits per heavy atom. The number of unbranched alkanes of at least 4 members (excludes halogenated alkanes) is 3. The fraction of sp³-hybridized carbons (Fsp3) is 0.458. The van der Waals surface area contributed by atoms with Crippen LogP contribution in [0.5, 0.6) is 0 Å². The quantitative estimate of drug-likeness (QED) is 0.149. The summed E-state index contributed by atoms with van der Waals surface area (Å²) in [7, 11) is 0. The summed E-state index contributed by atoms with van der Waals surface area (Å²) in [6, 6.07) is 14.6. The van der Waals surface area contributed by atoms with Crippen molar-refractivity contribution in [1.82, 2.24) is 9.29 Å². The molecule has 0 fully saturated rings. The molecule has 2 N–H and O–H groups in total. The normalized spacial score (nSPS) is 10.7. The third-order valence-electron chi connectivity index (χ3n) is 5.11. The van der Waals surface area contributed by atoms with Crippen LogP contribution in [0.1, 0.15) is 46.5 Å². The van der Waals surface area contributed by atoms with Crippen molar-refractivity contribution in [1.29, 1.82) is 0 Å². The minimum Gasteiger partial charge on any atom is -0.415 e. The summed E-state index contributed by atoms with van der Waals surface area (Å²) in [4.78, 5) is -0.245.